The van der Waals surface area contributed by atoms with Crippen LogP contribution in [0.2, 0.25) is 0 Å². The largest absolute Gasteiger partial charge is 0.323 e. The zero-order valence-electron chi connectivity index (χ0n) is 11.4. The predicted octanol–water partition coefficient (Wildman–Crippen LogP) is 4.26. The predicted molar refractivity (Wildman–Crippen MR) is 79.0 cm³/mol. The molecule has 0 saturated carbocycles. The SMILES string of the molecule is Cc1cccc(-c2nc(C(C)C)c(C(C)N)s2)c1. The average Bonchev–Trinajstić information content (AvgIpc) is 2.73. The third kappa shape index (κ3) is 2.62. The summed E-state index contributed by atoms with van der Waals surface area (Å²) in [4.78, 5) is 5.99. The van der Waals surface area contributed by atoms with Crippen molar-refractivity contribution in [3.05, 3.63) is 40.4 Å². The van der Waals surface area contributed by atoms with Gasteiger partial charge in [0.05, 0.1) is 5.69 Å². The standard InChI is InChI=1S/C15H20N2S/c1-9(2)13-14(11(4)16)18-15(17-13)12-7-5-6-10(3)8-12/h5-9,11H,16H2,1-4H3. The Balaban J connectivity index is 2.50. The third-order valence-electron chi connectivity index (χ3n) is 2.91. The number of hydrogen-bond acceptors (Lipinski definition) is 3. The Morgan fingerprint density at radius 1 is 1.22 bits per heavy atom. The fraction of sp³-hybridized carbons (Fsp3) is 0.400. The van der Waals surface area contributed by atoms with Gasteiger partial charge in [0.25, 0.3) is 0 Å². The van der Waals surface area contributed by atoms with Gasteiger partial charge in [0.15, 0.2) is 0 Å². The van der Waals surface area contributed by atoms with Gasteiger partial charge in [-0.05, 0) is 25.8 Å². The molecule has 1 aromatic heterocycles. The van der Waals surface area contributed by atoms with Gasteiger partial charge in [-0.25, -0.2) is 4.98 Å². The smallest absolute Gasteiger partial charge is 0.123 e. The van der Waals surface area contributed by atoms with Gasteiger partial charge in [0.2, 0.25) is 0 Å². The van der Waals surface area contributed by atoms with Crippen LogP contribution in [0.15, 0.2) is 24.3 Å². The molecule has 2 N–H and O–H groups in total. The lowest BCUT2D eigenvalue weighted by atomic mass is 10.1. The van der Waals surface area contributed by atoms with Crippen LogP contribution in [-0.2, 0) is 0 Å². The minimum absolute atomic E-state index is 0.0541. The highest BCUT2D eigenvalue weighted by Gasteiger charge is 2.17. The highest BCUT2D eigenvalue weighted by atomic mass is 32.1. The minimum Gasteiger partial charge on any atom is -0.323 e. The molecule has 0 bridgehead atoms. The first-order valence-electron chi connectivity index (χ1n) is 6.32. The zero-order chi connectivity index (χ0) is 13.3. The van der Waals surface area contributed by atoms with Crippen LogP contribution in [0.4, 0.5) is 0 Å². The summed E-state index contributed by atoms with van der Waals surface area (Å²) < 4.78 is 0. The molecule has 2 aromatic rings. The first-order valence-corrected chi connectivity index (χ1v) is 7.14. The molecular formula is C15H20N2S. The number of thiazole rings is 1. The van der Waals surface area contributed by atoms with E-state index < -0.39 is 0 Å². The molecule has 0 aliphatic rings. The molecular weight excluding hydrogens is 240 g/mol. The molecule has 18 heavy (non-hydrogen) atoms. The van der Waals surface area contributed by atoms with Crippen LogP contribution in [-0.4, -0.2) is 4.98 Å². The van der Waals surface area contributed by atoms with E-state index in [-0.39, 0.29) is 6.04 Å². The molecule has 0 saturated heterocycles. The van der Waals surface area contributed by atoms with E-state index in [1.165, 1.54) is 16.0 Å². The van der Waals surface area contributed by atoms with Crippen molar-refractivity contribution < 1.29 is 0 Å². The maximum Gasteiger partial charge on any atom is 0.123 e. The summed E-state index contributed by atoms with van der Waals surface area (Å²) in [5.41, 5.74) is 9.64. The lowest BCUT2D eigenvalue weighted by Crippen LogP contribution is -2.06. The number of nitrogens with two attached hydrogens (primary N) is 1. The normalized spacial score (nSPS) is 13.0. The lowest BCUT2D eigenvalue weighted by molar-refractivity contribution is 0.763. The first-order chi connectivity index (χ1) is 8.49. The topological polar surface area (TPSA) is 38.9 Å². The van der Waals surface area contributed by atoms with Crippen molar-refractivity contribution in [1.29, 1.82) is 0 Å². The van der Waals surface area contributed by atoms with E-state index in [1.807, 2.05) is 6.92 Å². The molecule has 2 nitrogen and oxygen atoms in total. The van der Waals surface area contributed by atoms with Gasteiger partial charge in [0.1, 0.15) is 5.01 Å². The summed E-state index contributed by atoms with van der Waals surface area (Å²) in [6, 6.07) is 8.52. The second-order valence-corrected chi connectivity index (χ2v) is 6.11. The Hall–Kier alpha value is -1.19. The van der Waals surface area contributed by atoms with Crippen molar-refractivity contribution >= 4 is 11.3 Å². The molecule has 1 unspecified atom stereocenters. The number of nitrogens with zero attached hydrogens (tertiary/aromatic N) is 1. The fourth-order valence-corrected chi connectivity index (χ4v) is 3.15. The van der Waals surface area contributed by atoms with E-state index in [0.717, 1.165) is 10.7 Å². The van der Waals surface area contributed by atoms with Crippen molar-refractivity contribution in [2.24, 2.45) is 5.73 Å². The van der Waals surface area contributed by atoms with E-state index in [4.69, 9.17) is 10.7 Å². The maximum absolute atomic E-state index is 6.04. The van der Waals surface area contributed by atoms with Crippen molar-refractivity contribution in [3.63, 3.8) is 0 Å². The Labute approximate surface area is 113 Å². The van der Waals surface area contributed by atoms with Crippen LogP contribution in [0.25, 0.3) is 10.6 Å². The van der Waals surface area contributed by atoms with Crippen molar-refractivity contribution in [1.82, 2.24) is 4.98 Å². The molecule has 96 valence electrons. The summed E-state index contributed by atoms with van der Waals surface area (Å²) in [6.45, 7) is 8.47. The number of rotatable bonds is 3. The van der Waals surface area contributed by atoms with E-state index in [1.54, 1.807) is 11.3 Å². The maximum atomic E-state index is 6.04. The highest BCUT2D eigenvalue weighted by molar-refractivity contribution is 7.15. The van der Waals surface area contributed by atoms with E-state index >= 15 is 0 Å². The number of benzene rings is 1. The minimum atomic E-state index is 0.0541. The summed E-state index contributed by atoms with van der Waals surface area (Å²) in [7, 11) is 0. The van der Waals surface area contributed by atoms with Crippen molar-refractivity contribution in [2.75, 3.05) is 0 Å². The summed E-state index contributed by atoms with van der Waals surface area (Å²) >= 11 is 1.72. The van der Waals surface area contributed by atoms with E-state index in [9.17, 15) is 0 Å². The summed E-state index contributed by atoms with van der Waals surface area (Å²) in [6.07, 6.45) is 0. The summed E-state index contributed by atoms with van der Waals surface area (Å²) in [5.74, 6) is 0.417. The van der Waals surface area contributed by atoms with Gasteiger partial charge in [-0.15, -0.1) is 11.3 Å². The zero-order valence-corrected chi connectivity index (χ0v) is 12.2. The average molecular weight is 260 g/mol. The third-order valence-corrected chi connectivity index (χ3v) is 4.23. The molecule has 0 fully saturated rings. The van der Waals surface area contributed by atoms with Gasteiger partial charge in [-0.1, -0.05) is 37.6 Å². The molecule has 0 spiro atoms. The summed E-state index contributed by atoms with van der Waals surface area (Å²) in [5, 5.41) is 1.08. The van der Waals surface area contributed by atoms with Gasteiger partial charge >= 0.3 is 0 Å². The van der Waals surface area contributed by atoms with Crippen LogP contribution < -0.4 is 5.73 Å². The lowest BCUT2D eigenvalue weighted by Gasteiger charge is -2.07. The Morgan fingerprint density at radius 2 is 1.94 bits per heavy atom. The van der Waals surface area contributed by atoms with Gasteiger partial charge in [0, 0.05) is 16.5 Å². The van der Waals surface area contributed by atoms with Crippen molar-refractivity contribution in [3.8, 4) is 10.6 Å². The van der Waals surface area contributed by atoms with E-state index in [0.29, 0.717) is 5.92 Å². The highest BCUT2D eigenvalue weighted by Crippen LogP contribution is 2.34. The second kappa shape index (κ2) is 5.21. The van der Waals surface area contributed by atoms with Crippen LogP contribution in [0.5, 0.6) is 0 Å². The molecule has 2 rings (SSSR count). The van der Waals surface area contributed by atoms with Gasteiger partial charge < -0.3 is 5.73 Å². The molecule has 0 aliphatic heterocycles. The van der Waals surface area contributed by atoms with Gasteiger partial charge in [-0.3, -0.25) is 0 Å². The number of hydrogen-bond donors (Lipinski definition) is 1. The molecule has 0 radical (unpaired) electrons. The fourth-order valence-electron chi connectivity index (χ4n) is 1.99. The molecule has 1 atom stereocenters. The second-order valence-electron chi connectivity index (χ2n) is 5.08. The Kier molecular flexibility index (Phi) is 3.83. The molecule has 0 amide bonds. The number of aromatic nitrogens is 1. The van der Waals surface area contributed by atoms with Crippen LogP contribution in [0, 0.1) is 6.92 Å². The van der Waals surface area contributed by atoms with Crippen molar-refractivity contribution in [2.45, 2.75) is 39.7 Å². The molecule has 1 aromatic carbocycles. The van der Waals surface area contributed by atoms with Crippen LogP contribution >= 0.6 is 11.3 Å². The molecule has 0 aliphatic carbocycles. The van der Waals surface area contributed by atoms with Gasteiger partial charge in [-0.2, -0.15) is 0 Å². The van der Waals surface area contributed by atoms with Crippen LogP contribution in [0.3, 0.4) is 0 Å². The van der Waals surface area contributed by atoms with E-state index in [2.05, 4.69) is 45.0 Å². The molecule has 1 heterocycles. The monoisotopic (exact) mass is 260 g/mol. The Bertz CT molecular complexity index is 516. The first kappa shape index (κ1) is 13.2. The number of aryl methyl sites for hydroxylation is 1. The van der Waals surface area contributed by atoms with Crippen LogP contribution in [0.1, 0.15) is 48.9 Å². The Morgan fingerprint density at radius 3 is 2.44 bits per heavy atom. The molecule has 3 heteroatoms. The quantitative estimate of drug-likeness (QED) is 0.895.